The molecule has 0 aliphatic heterocycles. The van der Waals surface area contributed by atoms with E-state index in [4.69, 9.17) is 0 Å². The Kier molecular flexibility index (Phi) is 4.65. The molecule has 2 aromatic carbocycles. The van der Waals surface area contributed by atoms with Gasteiger partial charge in [-0.1, -0.05) is 30.3 Å². The first kappa shape index (κ1) is 19.3. The molecule has 0 amide bonds. The number of alkyl halides is 7. The Labute approximate surface area is 140 Å². The third kappa shape index (κ3) is 3.12. The Morgan fingerprint density at radius 3 is 1.80 bits per heavy atom. The van der Waals surface area contributed by atoms with Crippen molar-refractivity contribution < 1.29 is 30.7 Å². The Morgan fingerprint density at radius 2 is 1.32 bits per heavy atom. The lowest BCUT2D eigenvalue weighted by Gasteiger charge is -2.33. The molecule has 7 heteroatoms. The standard InChI is InChI=1S/C18H14F7/c1-10-8-12(3)15(13-7-5-4-6-11(13)2)14(9-10)16(19,17(20,21)22)18(23,24)25/h4-7,9H,1-3H3. The Bertz CT molecular complexity index is 771. The van der Waals surface area contributed by atoms with Crippen molar-refractivity contribution in [2.24, 2.45) is 0 Å². The molecule has 0 spiro atoms. The summed E-state index contributed by atoms with van der Waals surface area (Å²) in [5.41, 5.74) is -6.86. The van der Waals surface area contributed by atoms with Crippen molar-refractivity contribution in [1.29, 1.82) is 0 Å². The molecule has 2 aromatic rings. The van der Waals surface area contributed by atoms with E-state index >= 15 is 0 Å². The molecule has 0 heterocycles. The van der Waals surface area contributed by atoms with Crippen molar-refractivity contribution in [3.63, 3.8) is 0 Å². The molecule has 0 nitrogen and oxygen atoms in total. The highest BCUT2D eigenvalue weighted by Gasteiger charge is 2.74. The van der Waals surface area contributed by atoms with Crippen molar-refractivity contribution in [2.45, 2.75) is 38.8 Å². The van der Waals surface area contributed by atoms with Crippen LogP contribution in [0, 0.1) is 26.8 Å². The Hall–Kier alpha value is -2.05. The summed E-state index contributed by atoms with van der Waals surface area (Å²) in [7, 11) is 0. The topological polar surface area (TPSA) is 0 Å². The van der Waals surface area contributed by atoms with Gasteiger partial charge >= 0.3 is 18.0 Å². The molecule has 2 rings (SSSR count). The zero-order valence-corrected chi connectivity index (χ0v) is 13.5. The van der Waals surface area contributed by atoms with Crippen molar-refractivity contribution in [3.05, 3.63) is 58.7 Å². The van der Waals surface area contributed by atoms with Gasteiger partial charge in [0.2, 0.25) is 0 Å². The van der Waals surface area contributed by atoms with Crippen LogP contribution in [0.25, 0.3) is 11.1 Å². The van der Waals surface area contributed by atoms with Gasteiger partial charge in [-0.2, -0.15) is 26.3 Å². The SMILES string of the molecule is Cc1[c]c(C)c(-c2ccccc2C)c(C(F)(C(F)(F)F)C(F)(F)F)c1. The van der Waals surface area contributed by atoms with Gasteiger partial charge in [0.05, 0.1) is 0 Å². The molecule has 0 aliphatic rings. The first-order valence-corrected chi connectivity index (χ1v) is 7.23. The van der Waals surface area contributed by atoms with Crippen molar-refractivity contribution in [3.8, 4) is 11.1 Å². The Balaban J connectivity index is 2.97. The fourth-order valence-electron chi connectivity index (χ4n) is 2.82. The lowest BCUT2D eigenvalue weighted by Crippen LogP contribution is -2.50. The van der Waals surface area contributed by atoms with Crippen LogP contribution in [0.2, 0.25) is 0 Å². The summed E-state index contributed by atoms with van der Waals surface area (Å²) in [5, 5.41) is 0. The highest BCUT2D eigenvalue weighted by atomic mass is 19.4. The normalized spacial score (nSPS) is 13.2. The van der Waals surface area contributed by atoms with Crippen molar-refractivity contribution in [2.75, 3.05) is 0 Å². The molecule has 25 heavy (non-hydrogen) atoms. The van der Waals surface area contributed by atoms with E-state index in [1.165, 1.54) is 39.0 Å². The molecular formula is C18H14F7. The van der Waals surface area contributed by atoms with Crippen LogP contribution in [0.15, 0.2) is 30.3 Å². The van der Waals surface area contributed by atoms with E-state index in [1.807, 2.05) is 0 Å². The van der Waals surface area contributed by atoms with Gasteiger partial charge in [0.15, 0.2) is 0 Å². The zero-order chi connectivity index (χ0) is 19.2. The van der Waals surface area contributed by atoms with Gasteiger partial charge in [0.1, 0.15) is 0 Å². The maximum atomic E-state index is 14.7. The van der Waals surface area contributed by atoms with E-state index in [1.54, 1.807) is 6.07 Å². The molecule has 0 saturated carbocycles. The lowest BCUT2D eigenvalue weighted by atomic mass is 9.82. The van der Waals surface area contributed by atoms with Crippen molar-refractivity contribution >= 4 is 0 Å². The predicted octanol–water partition coefficient (Wildman–Crippen LogP) is 6.37. The summed E-state index contributed by atoms with van der Waals surface area (Å²) >= 11 is 0. The average Bonchev–Trinajstić information content (AvgIpc) is 2.44. The van der Waals surface area contributed by atoms with Gasteiger partial charge in [-0.05, 0) is 54.7 Å². The second-order valence-electron chi connectivity index (χ2n) is 5.83. The van der Waals surface area contributed by atoms with Crippen LogP contribution < -0.4 is 0 Å². The van der Waals surface area contributed by atoms with E-state index in [9.17, 15) is 30.7 Å². The molecule has 0 atom stereocenters. The highest BCUT2D eigenvalue weighted by Crippen LogP contribution is 2.56. The maximum Gasteiger partial charge on any atom is 0.435 e. The van der Waals surface area contributed by atoms with E-state index in [2.05, 4.69) is 6.07 Å². The lowest BCUT2D eigenvalue weighted by molar-refractivity contribution is -0.348. The van der Waals surface area contributed by atoms with Crippen LogP contribution in [0.5, 0.6) is 0 Å². The van der Waals surface area contributed by atoms with Gasteiger partial charge in [-0.15, -0.1) is 0 Å². The molecule has 0 bridgehead atoms. The quantitative estimate of drug-likeness (QED) is 0.544. The highest BCUT2D eigenvalue weighted by molar-refractivity contribution is 5.75. The second kappa shape index (κ2) is 6.04. The van der Waals surface area contributed by atoms with E-state index in [0.717, 1.165) is 0 Å². The summed E-state index contributed by atoms with van der Waals surface area (Å²) in [4.78, 5) is 0. The smallest absolute Gasteiger partial charge is 0.218 e. The minimum atomic E-state index is -6.16. The molecule has 0 fully saturated rings. The number of hydrogen-bond donors (Lipinski definition) is 0. The third-order valence-corrected chi connectivity index (χ3v) is 3.96. The minimum absolute atomic E-state index is 0.0136. The monoisotopic (exact) mass is 363 g/mol. The first-order valence-electron chi connectivity index (χ1n) is 7.23. The number of aryl methyl sites for hydroxylation is 3. The Morgan fingerprint density at radius 1 is 0.800 bits per heavy atom. The number of rotatable bonds is 2. The number of hydrogen-bond acceptors (Lipinski definition) is 0. The van der Waals surface area contributed by atoms with Crippen LogP contribution >= 0.6 is 0 Å². The van der Waals surface area contributed by atoms with Crippen LogP contribution in [-0.2, 0) is 5.67 Å². The van der Waals surface area contributed by atoms with Crippen LogP contribution in [0.3, 0.4) is 0 Å². The number of halogens is 7. The van der Waals surface area contributed by atoms with Crippen LogP contribution in [0.4, 0.5) is 30.7 Å². The van der Waals surface area contributed by atoms with Crippen LogP contribution in [0.1, 0.15) is 22.3 Å². The van der Waals surface area contributed by atoms with Gasteiger partial charge in [0.25, 0.3) is 0 Å². The maximum absolute atomic E-state index is 14.7. The molecule has 1 radical (unpaired) electrons. The molecule has 0 aromatic heterocycles. The van der Waals surface area contributed by atoms with Crippen LogP contribution in [-0.4, -0.2) is 12.4 Å². The zero-order valence-electron chi connectivity index (χ0n) is 13.5. The minimum Gasteiger partial charge on any atom is -0.218 e. The van der Waals surface area contributed by atoms with Gasteiger partial charge < -0.3 is 0 Å². The molecule has 135 valence electrons. The van der Waals surface area contributed by atoms with Crippen molar-refractivity contribution in [1.82, 2.24) is 0 Å². The van der Waals surface area contributed by atoms with Gasteiger partial charge in [0, 0.05) is 5.56 Å². The first-order chi connectivity index (χ1) is 11.3. The predicted molar refractivity (Wildman–Crippen MR) is 79.8 cm³/mol. The summed E-state index contributed by atoms with van der Waals surface area (Å²) in [6.45, 7) is 4.11. The average molecular weight is 363 g/mol. The summed E-state index contributed by atoms with van der Waals surface area (Å²) in [6.07, 6.45) is -12.3. The third-order valence-electron chi connectivity index (χ3n) is 3.96. The summed E-state index contributed by atoms with van der Waals surface area (Å²) in [6, 6.07) is 9.18. The molecule has 0 N–H and O–H groups in total. The van der Waals surface area contributed by atoms with Gasteiger partial charge in [-0.3, -0.25) is 0 Å². The molecular weight excluding hydrogens is 349 g/mol. The van der Waals surface area contributed by atoms with E-state index < -0.39 is 29.1 Å². The fourth-order valence-corrected chi connectivity index (χ4v) is 2.82. The fraction of sp³-hybridized carbons (Fsp3) is 0.333. The number of benzene rings is 2. The molecule has 0 saturated heterocycles. The van der Waals surface area contributed by atoms with Gasteiger partial charge in [-0.25, -0.2) is 4.39 Å². The summed E-state index contributed by atoms with van der Waals surface area (Å²) < 4.78 is 94.2. The van der Waals surface area contributed by atoms with E-state index in [0.29, 0.717) is 11.6 Å². The summed E-state index contributed by atoms with van der Waals surface area (Å²) in [5.74, 6) is 0. The largest absolute Gasteiger partial charge is 0.435 e. The van der Waals surface area contributed by atoms with E-state index in [-0.39, 0.29) is 16.7 Å². The molecule has 0 aliphatic carbocycles. The molecule has 0 unspecified atom stereocenters. The second-order valence-corrected chi connectivity index (χ2v) is 5.83.